The normalized spacial score (nSPS) is 37.5. The van der Waals surface area contributed by atoms with Gasteiger partial charge in [0.2, 0.25) is 0 Å². The molecule has 0 aromatic carbocycles. The molecule has 2 aromatic rings. The molecule has 4 aliphatic carbocycles. The van der Waals surface area contributed by atoms with E-state index in [1.165, 1.54) is 38.5 Å². The summed E-state index contributed by atoms with van der Waals surface area (Å²) in [5.41, 5.74) is 3.52. The van der Waals surface area contributed by atoms with Gasteiger partial charge in [0.05, 0.1) is 5.52 Å². The fourth-order valence-electron chi connectivity index (χ4n) is 5.86. The number of pyridine rings is 1. The van der Waals surface area contributed by atoms with Gasteiger partial charge in [-0.3, -0.25) is 4.57 Å². The maximum atomic E-state index is 5.70. The number of rotatable bonds is 1. The molecule has 4 aliphatic rings. The van der Waals surface area contributed by atoms with Crippen LogP contribution in [0.15, 0.2) is 12.1 Å². The predicted molar refractivity (Wildman–Crippen MR) is 85.8 cm³/mol. The van der Waals surface area contributed by atoms with E-state index in [2.05, 4.69) is 28.6 Å². The third-order valence-corrected chi connectivity index (χ3v) is 6.44. The molecule has 0 atom stereocenters. The molecule has 0 spiro atoms. The van der Waals surface area contributed by atoms with Gasteiger partial charge in [0.15, 0.2) is 10.4 Å². The van der Waals surface area contributed by atoms with Gasteiger partial charge in [0.25, 0.3) is 0 Å². The Labute approximate surface area is 129 Å². The van der Waals surface area contributed by atoms with E-state index in [4.69, 9.17) is 17.2 Å². The average molecular weight is 299 g/mol. The second kappa shape index (κ2) is 3.97. The standard InChI is InChI=1S/C17H21N3S/c1-10-2-3-14-15(18-10)20(16(21)19-14)17-7-11-4-12(8-17)6-13(5-11)9-17/h2-3,11-13H,4-9H2,1H3,(H,19,21). The summed E-state index contributed by atoms with van der Waals surface area (Å²) in [5.74, 6) is 2.77. The maximum absolute atomic E-state index is 5.70. The van der Waals surface area contributed by atoms with Crippen molar-refractivity contribution in [3.8, 4) is 0 Å². The van der Waals surface area contributed by atoms with Crippen molar-refractivity contribution in [2.24, 2.45) is 17.8 Å². The molecule has 3 nitrogen and oxygen atoms in total. The van der Waals surface area contributed by atoms with Crippen molar-refractivity contribution in [2.45, 2.75) is 51.0 Å². The summed E-state index contributed by atoms with van der Waals surface area (Å²) in [5, 5.41) is 0. The van der Waals surface area contributed by atoms with Gasteiger partial charge in [-0.05, 0) is 87.6 Å². The Bertz CT molecular complexity index is 750. The summed E-state index contributed by atoms with van der Waals surface area (Å²) in [6.07, 6.45) is 8.33. The molecule has 0 saturated heterocycles. The summed E-state index contributed by atoms with van der Waals surface area (Å²) >= 11 is 5.70. The van der Waals surface area contributed by atoms with Gasteiger partial charge < -0.3 is 4.98 Å². The van der Waals surface area contributed by atoms with E-state index in [-0.39, 0.29) is 5.54 Å². The number of nitrogens with zero attached hydrogens (tertiary/aromatic N) is 2. The number of hydrogen-bond acceptors (Lipinski definition) is 2. The van der Waals surface area contributed by atoms with Gasteiger partial charge in [0.1, 0.15) is 0 Å². The highest BCUT2D eigenvalue weighted by Crippen LogP contribution is 2.59. The van der Waals surface area contributed by atoms with Crippen molar-refractivity contribution in [1.82, 2.24) is 14.5 Å². The fourth-order valence-corrected chi connectivity index (χ4v) is 6.25. The van der Waals surface area contributed by atoms with Crippen LogP contribution in [0.25, 0.3) is 11.2 Å². The van der Waals surface area contributed by atoms with E-state index in [0.717, 1.165) is 39.4 Å². The van der Waals surface area contributed by atoms with Crippen LogP contribution in [0.1, 0.15) is 44.2 Å². The molecule has 0 aliphatic heterocycles. The summed E-state index contributed by atoms with van der Waals surface area (Å²) in [6.45, 7) is 2.07. The summed E-state index contributed by atoms with van der Waals surface area (Å²) in [7, 11) is 0. The van der Waals surface area contributed by atoms with E-state index < -0.39 is 0 Å². The van der Waals surface area contributed by atoms with E-state index in [9.17, 15) is 0 Å². The van der Waals surface area contributed by atoms with Crippen molar-refractivity contribution in [2.75, 3.05) is 0 Å². The van der Waals surface area contributed by atoms with Crippen molar-refractivity contribution < 1.29 is 0 Å². The van der Waals surface area contributed by atoms with Crippen LogP contribution >= 0.6 is 12.2 Å². The SMILES string of the molecule is Cc1ccc2[nH]c(=S)n(C34CC5CC(CC(C5)C3)C4)c2n1. The van der Waals surface area contributed by atoms with Crippen molar-refractivity contribution in [1.29, 1.82) is 0 Å². The molecule has 4 bridgehead atoms. The Morgan fingerprint density at radius 2 is 1.76 bits per heavy atom. The molecule has 110 valence electrons. The quantitative estimate of drug-likeness (QED) is 0.795. The Morgan fingerprint density at radius 3 is 2.38 bits per heavy atom. The van der Waals surface area contributed by atoms with Gasteiger partial charge in [-0.15, -0.1) is 0 Å². The smallest absolute Gasteiger partial charge is 0.179 e. The number of H-pyrrole nitrogens is 1. The highest BCUT2D eigenvalue weighted by molar-refractivity contribution is 7.71. The molecule has 6 rings (SSSR count). The van der Waals surface area contributed by atoms with Gasteiger partial charge in [0, 0.05) is 11.2 Å². The first kappa shape index (κ1) is 12.4. The molecule has 1 N–H and O–H groups in total. The molecule has 0 amide bonds. The molecule has 2 heterocycles. The number of nitrogens with one attached hydrogen (secondary N) is 1. The van der Waals surface area contributed by atoms with Crippen LogP contribution in [0, 0.1) is 29.4 Å². The second-order valence-corrected chi connectivity index (χ2v) is 8.12. The monoisotopic (exact) mass is 299 g/mol. The lowest BCUT2D eigenvalue weighted by Gasteiger charge is -2.57. The summed E-state index contributed by atoms with van der Waals surface area (Å²) in [6, 6.07) is 4.20. The van der Waals surface area contributed by atoms with E-state index in [1.807, 2.05) is 0 Å². The van der Waals surface area contributed by atoms with Gasteiger partial charge in [-0.1, -0.05) is 0 Å². The Hall–Kier alpha value is -1.16. The van der Waals surface area contributed by atoms with Crippen LogP contribution in [-0.2, 0) is 5.54 Å². The first-order chi connectivity index (χ1) is 10.1. The molecule has 4 saturated carbocycles. The van der Waals surface area contributed by atoms with Gasteiger partial charge in [-0.25, -0.2) is 4.98 Å². The zero-order chi connectivity index (χ0) is 14.2. The van der Waals surface area contributed by atoms with E-state index in [0.29, 0.717) is 0 Å². The van der Waals surface area contributed by atoms with E-state index >= 15 is 0 Å². The van der Waals surface area contributed by atoms with Crippen molar-refractivity contribution in [3.05, 3.63) is 22.6 Å². The fraction of sp³-hybridized carbons (Fsp3) is 0.647. The third-order valence-electron chi connectivity index (χ3n) is 6.15. The zero-order valence-corrected chi connectivity index (χ0v) is 13.2. The van der Waals surface area contributed by atoms with Crippen LogP contribution in [0.5, 0.6) is 0 Å². The third kappa shape index (κ3) is 1.65. The summed E-state index contributed by atoms with van der Waals surface area (Å²) in [4.78, 5) is 8.21. The lowest BCUT2D eigenvalue weighted by atomic mass is 9.53. The van der Waals surface area contributed by atoms with E-state index in [1.54, 1.807) is 0 Å². The lowest BCUT2D eigenvalue weighted by Crippen LogP contribution is -2.51. The Balaban J connectivity index is 1.75. The highest BCUT2D eigenvalue weighted by atomic mass is 32.1. The van der Waals surface area contributed by atoms with Crippen LogP contribution < -0.4 is 0 Å². The van der Waals surface area contributed by atoms with Crippen LogP contribution in [0.4, 0.5) is 0 Å². The van der Waals surface area contributed by atoms with Gasteiger partial charge in [-0.2, -0.15) is 0 Å². The molecule has 4 heteroatoms. The highest BCUT2D eigenvalue weighted by Gasteiger charge is 2.52. The Morgan fingerprint density at radius 1 is 1.14 bits per heavy atom. The molecule has 0 unspecified atom stereocenters. The van der Waals surface area contributed by atoms with Crippen molar-refractivity contribution >= 4 is 23.4 Å². The predicted octanol–water partition coefficient (Wildman–Crippen LogP) is 4.33. The van der Waals surface area contributed by atoms with Crippen molar-refractivity contribution in [3.63, 3.8) is 0 Å². The first-order valence-corrected chi connectivity index (χ1v) is 8.63. The molecule has 21 heavy (non-hydrogen) atoms. The van der Waals surface area contributed by atoms with Crippen LogP contribution in [0.3, 0.4) is 0 Å². The Kier molecular flexibility index (Phi) is 2.35. The minimum absolute atomic E-state index is 0.255. The molecule has 0 radical (unpaired) electrons. The lowest BCUT2D eigenvalue weighted by molar-refractivity contribution is -0.0419. The summed E-state index contributed by atoms with van der Waals surface area (Å²) < 4.78 is 3.29. The number of aromatic amines is 1. The number of fused-ring (bicyclic) bond motifs is 1. The number of hydrogen-bond donors (Lipinski definition) is 1. The largest absolute Gasteiger partial charge is 0.329 e. The van der Waals surface area contributed by atoms with Crippen LogP contribution in [-0.4, -0.2) is 14.5 Å². The number of aromatic nitrogens is 3. The number of aryl methyl sites for hydroxylation is 1. The molecule has 2 aromatic heterocycles. The molecular weight excluding hydrogens is 278 g/mol. The maximum Gasteiger partial charge on any atom is 0.179 e. The topological polar surface area (TPSA) is 33.6 Å². The van der Waals surface area contributed by atoms with Gasteiger partial charge >= 0.3 is 0 Å². The molecule has 4 fully saturated rings. The second-order valence-electron chi connectivity index (χ2n) is 7.73. The number of imidazole rings is 1. The first-order valence-electron chi connectivity index (χ1n) is 8.22. The molecular formula is C17H21N3S. The average Bonchev–Trinajstić information content (AvgIpc) is 2.72. The minimum atomic E-state index is 0.255. The zero-order valence-electron chi connectivity index (χ0n) is 12.4. The minimum Gasteiger partial charge on any atom is -0.329 e. The van der Waals surface area contributed by atoms with Crippen LogP contribution in [0.2, 0.25) is 0 Å².